The van der Waals surface area contributed by atoms with E-state index in [9.17, 15) is 14.4 Å². The van der Waals surface area contributed by atoms with E-state index < -0.39 is 11.7 Å². The maximum Gasteiger partial charge on any atom is 0.410 e. The number of fused-ring (bicyclic) bond motifs is 1. The van der Waals surface area contributed by atoms with Crippen molar-refractivity contribution < 1.29 is 23.9 Å². The summed E-state index contributed by atoms with van der Waals surface area (Å²) in [5.74, 6) is -0.121. The lowest BCUT2D eigenvalue weighted by atomic mass is 9.91. The van der Waals surface area contributed by atoms with Gasteiger partial charge in [0.25, 0.3) is 0 Å². The standard InChI is InChI=1S/C33H44N4O5/c1-22(2)41-31(39)34-29-19-23(3)37(24(4)38)30-14-13-27(20-28(29)30)26-11-9-25(10-12-26)21-35-15-8-16-36(18-17-35)32(40)42-33(5,6)7/h9-14,20,22,29H,3,8,15-19,21H2,1-2,4-7H3,(H,34,39). The Morgan fingerprint density at radius 2 is 1.69 bits per heavy atom. The van der Waals surface area contributed by atoms with Crippen LogP contribution in [-0.2, 0) is 20.8 Å². The fourth-order valence-corrected chi connectivity index (χ4v) is 5.43. The third kappa shape index (κ3) is 7.91. The number of nitrogens with zero attached hydrogens (tertiary/aromatic N) is 3. The first-order chi connectivity index (χ1) is 19.8. The van der Waals surface area contributed by atoms with Gasteiger partial charge in [-0.1, -0.05) is 36.9 Å². The zero-order valence-electron chi connectivity index (χ0n) is 25.7. The molecule has 0 radical (unpaired) electrons. The average Bonchev–Trinajstić information content (AvgIpc) is 3.13. The van der Waals surface area contributed by atoms with Gasteiger partial charge in [-0.05, 0) is 75.4 Å². The molecular weight excluding hydrogens is 532 g/mol. The summed E-state index contributed by atoms with van der Waals surface area (Å²) < 4.78 is 10.9. The zero-order chi connectivity index (χ0) is 30.6. The van der Waals surface area contributed by atoms with Crippen LogP contribution in [0.25, 0.3) is 11.1 Å². The Labute approximate surface area is 249 Å². The van der Waals surface area contributed by atoms with Gasteiger partial charge in [-0.15, -0.1) is 0 Å². The van der Waals surface area contributed by atoms with Crippen molar-refractivity contribution >= 4 is 23.8 Å². The van der Waals surface area contributed by atoms with E-state index in [1.165, 1.54) is 12.5 Å². The lowest BCUT2D eigenvalue weighted by Crippen LogP contribution is -2.39. The second kappa shape index (κ2) is 13.0. The second-order valence-electron chi connectivity index (χ2n) is 12.3. The lowest BCUT2D eigenvalue weighted by Gasteiger charge is -2.36. The topological polar surface area (TPSA) is 91.4 Å². The largest absolute Gasteiger partial charge is 0.447 e. The van der Waals surface area contributed by atoms with Crippen LogP contribution in [0, 0.1) is 0 Å². The molecule has 0 aromatic heterocycles. The Morgan fingerprint density at radius 3 is 2.33 bits per heavy atom. The molecular formula is C33H44N4O5. The maximum atomic E-state index is 12.5. The van der Waals surface area contributed by atoms with Gasteiger partial charge in [0.15, 0.2) is 0 Å². The van der Waals surface area contributed by atoms with Crippen molar-refractivity contribution in [1.82, 2.24) is 15.1 Å². The number of hydrogen-bond donors (Lipinski definition) is 1. The molecule has 0 bridgehead atoms. The number of carbonyl (C=O) groups is 3. The van der Waals surface area contributed by atoms with E-state index in [0.717, 1.165) is 48.4 Å². The van der Waals surface area contributed by atoms with Crippen LogP contribution in [0.2, 0.25) is 0 Å². The van der Waals surface area contributed by atoms with Crippen LogP contribution < -0.4 is 10.2 Å². The molecule has 2 aliphatic heterocycles. The fourth-order valence-electron chi connectivity index (χ4n) is 5.43. The van der Waals surface area contributed by atoms with Crippen molar-refractivity contribution in [1.29, 1.82) is 0 Å². The summed E-state index contributed by atoms with van der Waals surface area (Å²) in [4.78, 5) is 43.2. The molecule has 1 saturated heterocycles. The van der Waals surface area contributed by atoms with E-state index in [4.69, 9.17) is 9.47 Å². The number of alkyl carbamates (subject to hydrolysis) is 1. The molecule has 9 nitrogen and oxygen atoms in total. The van der Waals surface area contributed by atoms with Crippen LogP contribution in [0.15, 0.2) is 54.7 Å². The number of hydrogen-bond acceptors (Lipinski definition) is 6. The summed E-state index contributed by atoms with van der Waals surface area (Å²) in [5.41, 5.74) is 4.91. The number of amides is 3. The molecule has 2 aromatic carbocycles. The molecule has 4 rings (SSSR count). The van der Waals surface area contributed by atoms with Gasteiger partial charge in [0, 0.05) is 51.8 Å². The van der Waals surface area contributed by atoms with Crippen molar-refractivity contribution in [3.63, 3.8) is 0 Å². The summed E-state index contributed by atoms with van der Waals surface area (Å²) in [5, 5.41) is 2.96. The van der Waals surface area contributed by atoms with Gasteiger partial charge in [-0.2, -0.15) is 0 Å². The highest BCUT2D eigenvalue weighted by atomic mass is 16.6. The van der Waals surface area contributed by atoms with Crippen LogP contribution in [0.3, 0.4) is 0 Å². The van der Waals surface area contributed by atoms with Gasteiger partial charge < -0.3 is 19.7 Å². The highest BCUT2D eigenvalue weighted by Crippen LogP contribution is 2.41. The smallest absolute Gasteiger partial charge is 0.410 e. The Morgan fingerprint density at radius 1 is 1.00 bits per heavy atom. The molecule has 42 heavy (non-hydrogen) atoms. The van der Waals surface area contributed by atoms with Gasteiger partial charge in [-0.3, -0.25) is 14.6 Å². The Bertz CT molecular complexity index is 1310. The number of carbonyl (C=O) groups excluding carboxylic acids is 3. The molecule has 226 valence electrons. The zero-order valence-corrected chi connectivity index (χ0v) is 25.7. The minimum absolute atomic E-state index is 0.121. The molecule has 2 heterocycles. The van der Waals surface area contributed by atoms with Gasteiger partial charge in [-0.25, -0.2) is 9.59 Å². The maximum absolute atomic E-state index is 12.5. The first-order valence-electron chi connectivity index (χ1n) is 14.7. The van der Waals surface area contributed by atoms with E-state index in [1.807, 2.05) is 39.0 Å². The molecule has 1 atom stereocenters. The van der Waals surface area contributed by atoms with Crippen LogP contribution >= 0.6 is 0 Å². The first-order valence-corrected chi connectivity index (χ1v) is 14.7. The number of ether oxygens (including phenoxy) is 2. The van der Waals surface area contributed by atoms with Crippen LogP contribution in [0.5, 0.6) is 0 Å². The van der Waals surface area contributed by atoms with Crippen LogP contribution in [0.1, 0.15) is 71.6 Å². The number of anilines is 1. The highest BCUT2D eigenvalue weighted by molar-refractivity contribution is 5.97. The highest BCUT2D eigenvalue weighted by Gasteiger charge is 2.32. The summed E-state index contributed by atoms with van der Waals surface area (Å²) in [7, 11) is 0. The molecule has 3 amide bonds. The van der Waals surface area contributed by atoms with Crippen LogP contribution in [0.4, 0.5) is 15.3 Å². The van der Waals surface area contributed by atoms with Crippen LogP contribution in [-0.4, -0.2) is 65.8 Å². The molecule has 9 heteroatoms. The molecule has 1 unspecified atom stereocenters. The van der Waals surface area contributed by atoms with E-state index in [0.29, 0.717) is 25.2 Å². The monoisotopic (exact) mass is 576 g/mol. The SMILES string of the molecule is C=C1CC(NC(=O)OC(C)C)c2cc(-c3ccc(CN4CCCN(C(=O)OC(C)(C)C)CC4)cc3)ccc2N1C(C)=O. The van der Waals surface area contributed by atoms with E-state index in [1.54, 1.807) is 23.6 Å². The van der Waals surface area contributed by atoms with Crippen molar-refractivity contribution in [2.75, 3.05) is 31.1 Å². The van der Waals surface area contributed by atoms with Crippen molar-refractivity contribution in [2.24, 2.45) is 0 Å². The molecule has 1 N–H and O–H groups in total. The number of rotatable bonds is 5. The van der Waals surface area contributed by atoms with Gasteiger partial charge >= 0.3 is 12.2 Å². The number of benzene rings is 2. The summed E-state index contributed by atoms with van der Waals surface area (Å²) >= 11 is 0. The fraction of sp³-hybridized carbons (Fsp3) is 0.485. The summed E-state index contributed by atoms with van der Waals surface area (Å²) in [6.07, 6.45) is 0.318. The number of nitrogens with one attached hydrogen (secondary N) is 1. The lowest BCUT2D eigenvalue weighted by molar-refractivity contribution is -0.116. The molecule has 0 aliphatic carbocycles. The molecule has 0 saturated carbocycles. The predicted octanol–water partition coefficient (Wildman–Crippen LogP) is 6.24. The minimum atomic E-state index is -0.499. The Hall–Kier alpha value is -3.85. The van der Waals surface area contributed by atoms with E-state index in [2.05, 4.69) is 41.1 Å². The predicted molar refractivity (Wildman–Crippen MR) is 164 cm³/mol. The van der Waals surface area contributed by atoms with Crippen molar-refractivity contribution in [2.45, 2.75) is 78.7 Å². The van der Waals surface area contributed by atoms with Crippen molar-refractivity contribution in [3.05, 3.63) is 65.9 Å². The van der Waals surface area contributed by atoms with E-state index >= 15 is 0 Å². The molecule has 2 aliphatic rings. The van der Waals surface area contributed by atoms with Gasteiger partial charge in [0.2, 0.25) is 5.91 Å². The van der Waals surface area contributed by atoms with Gasteiger partial charge in [0.05, 0.1) is 17.8 Å². The Kier molecular flexibility index (Phi) is 9.61. The summed E-state index contributed by atoms with van der Waals surface area (Å²) in [6.45, 7) is 18.7. The third-order valence-corrected chi connectivity index (χ3v) is 7.28. The quantitative estimate of drug-likeness (QED) is 0.453. The van der Waals surface area contributed by atoms with Crippen molar-refractivity contribution in [3.8, 4) is 11.1 Å². The summed E-state index contributed by atoms with van der Waals surface area (Å²) in [6, 6.07) is 14.0. The second-order valence-corrected chi connectivity index (χ2v) is 12.3. The third-order valence-electron chi connectivity index (χ3n) is 7.28. The first kappa shape index (κ1) is 31.1. The van der Waals surface area contributed by atoms with E-state index in [-0.39, 0.29) is 24.1 Å². The molecule has 0 spiro atoms. The Balaban J connectivity index is 1.47. The molecule has 2 aromatic rings. The average molecular weight is 577 g/mol. The molecule has 1 fully saturated rings. The minimum Gasteiger partial charge on any atom is -0.447 e. The van der Waals surface area contributed by atoms with Gasteiger partial charge in [0.1, 0.15) is 5.60 Å². The normalized spacial score (nSPS) is 17.9.